The van der Waals surface area contributed by atoms with Gasteiger partial charge in [0.15, 0.2) is 0 Å². The van der Waals surface area contributed by atoms with Gasteiger partial charge < -0.3 is 9.55 Å². The largest absolute Gasteiger partial charge is 0.351 e. The van der Waals surface area contributed by atoms with E-state index in [4.69, 9.17) is 0 Å². The molecule has 0 atom stereocenters. The third-order valence-electron chi connectivity index (χ3n) is 3.73. The van der Waals surface area contributed by atoms with Gasteiger partial charge in [-0.25, -0.2) is 0 Å². The van der Waals surface area contributed by atoms with Crippen molar-refractivity contribution in [3.8, 4) is 28.6 Å². The fourth-order valence-electron chi connectivity index (χ4n) is 2.56. The first-order valence-electron chi connectivity index (χ1n) is 7.05. The third kappa shape index (κ3) is 2.57. The van der Waals surface area contributed by atoms with E-state index in [1.807, 2.05) is 25.4 Å². The zero-order valence-corrected chi connectivity index (χ0v) is 12.7. The number of non-ortho nitro benzene ring substituents is 1. The topological polar surface area (TPSA) is 105 Å². The minimum absolute atomic E-state index is 0.00554. The summed E-state index contributed by atoms with van der Waals surface area (Å²) in [6.07, 6.45) is 1.81. The molecule has 2 aromatic heterocycles. The lowest BCUT2D eigenvalue weighted by Gasteiger charge is -2.09. The molecule has 0 saturated carbocycles. The molecule has 0 aliphatic carbocycles. The van der Waals surface area contributed by atoms with Gasteiger partial charge in [0.2, 0.25) is 0 Å². The molecule has 2 heterocycles. The van der Waals surface area contributed by atoms with Crippen LogP contribution >= 0.6 is 0 Å². The Bertz CT molecular complexity index is 1040. The Hall–Kier alpha value is -3.66. The number of nitro groups is 1. The predicted molar refractivity (Wildman–Crippen MR) is 88.3 cm³/mol. The first kappa shape index (κ1) is 15.2. The number of nitro benzene ring substituents is 1. The molecule has 0 saturated heterocycles. The Kier molecular flexibility index (Phi) is 3.72. The fraction of sp³-hybridized carbons (Fsp3) is 0.0588. The molecule has 0 radical (unpaired) electrons. The Labute approximate surface area is 136 Å². The van der Waals surface area contributed by atoms with E-state index >= 15 is 0 Å². The molecule has 1 aromatic carbocycles. The van der Waals surface area contributed by atoms with Crippen LogP contribution in [0, 0.1) is 21.4 Å². The summed E-state index contributed by atoms with van der Waals surface area (Å²) in [7, 11) is 1.81. The number of H-pyrrole nitrogens is 1. The van der Waals surface area contributed by atoms with Gasteiger partial charge in [-0.05, 0) is 18.2 Å². The molecule has 0 amide bonds. The Morgan fingerprint density at radius 3 is 2.67 bits per heavy atom. The highest BCUT2D eigenvalue weighted by Gasteiger charge is 2.15. The van der Waals surface area contributed by atoms with Crippen LogP contribution < -0.4 is 5.56 Å². The van der Waals surface area contributed by atoms with Crippen molar-refractivity contribution < 1.29 is 4.92 Å². The minimum atomic E-state index is -0.530. The first-order valence-corrected chi connectivity index (χ1v) is 7.05. The standard InChI is InChI=1S/C17H12N4O3/c1-20-7-3-6-16(20)13-9-15(19-17(22)14(13)10-18)11-4-2-5-12(8-11)21(23)24/h2-9H,1H3,(H,19,22). The summed E-state index contributed by atoms with van der Waals surface area (Å²) < 4.78 is 1.80. The molecule has 0 bridgehead atoms. The third-order valence-corrected chi connectivity index (χ3v) is 3.73. The van der Waals surface area contributed by atoms with E-state index in [2.05, 4.69) is 4.98 Å². The van der Waals surface area contributed by atoms with Crippen molar-refractivity contribution in [3.63, 3.8) is 0 Å². The van der Waals surface area contributed by atoms with Gasteiger partial charge in [0.1, 0.15) is 11.6 Å². The summed E-state index contributed by atoms with van der Waals surface area (Å²) in [5.41, 5.74) is 1.52. The predicted octanol–water partition coefficient (Wildman–Crippen LogP) is 2.83. The van der Waals surface area contributed by atoms with E-state index in [0.717, 1.165) is 0 Å². The lowest BCUT2D eigenvalue weighted by atomic mass is 10.0. The summed E-state index contributed by atoms with van der Waals surface area (Å²) in [5, 5.41) is 20.2. The smallest absolute Gasteiger partial charge is 0.270 e. The number of hydrogen-bond donors (Lipinski definition) is 1. The van der Waals surface area contributed by atoms with E-state index < -0.39 is 10.5 Å². The van der Waals surface area contributed by atoms with Gasteiger partial charge in [-0.15, -0.1) is 0 Å². The van der Waals surface area contributed by atoms with E-state index in [0.29, 0.717) is 22.5 Å². The van der Waals surface area contributed by atoms with Gasteiger partial charge in [0, 0.05) is 47.9 Å². The lowest BCUT2D eigenvalue weighted by Crippen LogP contribution is -2.13. The van der Waals surface area contributed by atoms with E-state index in [-0.39, 0.29) is 11.3 Å². The summed E-state index contributed by atoms with van der Waals surface area (Å²) in [4.78, 5) is 25.3. The van der Waals surface area contributed by atoms with Crippen LogP contribution in [0.4, 0.5) is 5.69 Å². The number of aromatic amines is 1. The lowest BCUT2D eigenvalue weighted by molar-refractivity contribution is -0.384. The molecular weight excluding hydrogens is 308 g/mol. The van der Waals surface area contributed by atoms with E-state index in [1.165, 1.54) is 12.1 Å². The first-order chi connectivity index (χ1) is 11.5. The maximum Gasteiger partial charge on any atom is 0.270 e. The van der Waals surface area contributed by atoms with Gasteiger partial charge in [0.25, 0.3) is 11.2 Å². The van der Waals surface area contributed by atoms with Crippen molar-refractivity contribution in [2.75, 3.05) is 0 Å². The van der Waals surface area contributed by atoms with Crippen molar-refractivity contribution in [1.82, 2.24) is 9.55 Å². The Morgan fingerprint density at radius 1 is 1.25 bits per heavy atom. The highest BCUT2D eigenvalue weighted by Crippen LogP contribution is 2.27. The summed E-state index contributed by atoms with van der Waals surface area (Å²) in [5.74, 6) is 0. The van der Waals surface area contributed by atoms with E-state index in [1.54, 1.807) is 28.8 Å². The second-order valence-electron chi connectivity index (χ2n) is 5.22. The Balaban J connectivity index is 2.25. The molecule has 3 aromatic rings. The maximum absolute atomic E-state index is 12.3. The number of aromatic nitrogens is 2. The number of pyridine rings is 1. The highest BCUT2D eigenvalue weighted by molar-refractivity contribution is 5.74. The zero-order valence-electron chi connectivity index (χ0n) is 12.7. The van der Waals surface area contributed by atoms with Crippen LogP contribution in [-0.4, -0.2) is 14.5 Å². The van der Waals surface area contributed by atoms with Gasteiger partial charge in [-0.2, -0.15) is 5.26 Å². The van der Waals surface area contributed by atoms with Crippen LogP contribution in [0.15, 0.2) is 53.5 Å². The van der Waals surface area contributed by atoms with Crippen molar-refractivity contribution in [2.24, 2.45) is 7.05 Å². The van der Waals surface area contributed by atoms with Crippen LogP contribution in [0.5, 0.6) is 0 Å². The maximum atomic E-state index is 12.3. The second kappa shape index (κ2) is 5.85. The van der Waals surface area contributed by atoms with Crippen LogP contribution in [0.2, 0.25) is 0 Å². The number of benzene rings is 1. The van der Waals surface area contributed by atoms with Crippen LogP contribution in [-0.2, 0) is 7.05 Å². The summed E-state index contributed by atoms with van der Waals surface area (Å²) in [6, 6.07) is 13.2. The minimum Gasteiger partial charge on any atom is -0.351 e. The number of rotatable bonds is 3. The van der Waals surface area contributed by atoms with Crippen molar-refractivity contribution >= 4 is 5.69 Å². The number of nitrogens with one attached hydrogen (secondary N) is 1. The zero-order chi connectivity index (χ0) is 17.3. The molecule has 0 aliphatic rings. The molecule has 0 fully saturated rings. The molecule has 24 heavy (non-hydrogen) atoms. The van der Waals surface area contributed by atoms with Crippen molar-refractivity contribution in [2.45, 2.75) is 0 Å². The summed E-state index contributed by atoms with van der Waals surface area (Å²) in [6.45, 7) is 0. The average Bonchev–Trinajstić information content (AvgIpc) is 3.00. The molecule has 0 unspecified atom stereocenters. The number of nitrogens with zero attached hydrogens (tertiary/aromatic N) is 3. The quantitative estimate of drug-likeness (QED) is 0.591. The number of hydrogen-bond acceptors (Lipinski definition) is 4. The van der Waals surface area contributed by atoms with Gasteiger partial charge in [-0.1, -0.05) is 12.1 Å². The molecule has 118 valence electrons. The molecule has 7 heteroatoms. The SMILES string of the molecule is Cn1cccc1-c1cc(-c2cccc([N+](=O)[O-])c2)[nH]c(=O)c1C#N. The highest BCUT2D eigenvalue weighted by atomic mass is 16.6. The average molecular weight is 320 g/mol. The van der Waals surface area contributed by atoms with Gasteiger partial charge >= 0.3 is 0 Å². The van der Waals surface area contributed by atoms with E-state index in [9.17, 15) is 20.2 Å². The van der Waals surface area contributed by atoms with Gasteiger partial charge in [-0.3, -0.25) is 14.9 Å². The monoisotopic (exact) mass is 320 g/mol. The van der Waals surface area contributed by atoms with Crippen LogP contribution in [0.1, 0.15) is 5.56 Å². The second-order valence-corrected chi connectivity index (χ2v) is 5.22. The summed E-state index contributed by atoms with van der Waals surface area (Å²) >= 11 is 0. The fourth-order valence-corrected chi connectivity index (χ4v) is 2.56. The molecule has 1 N–H and O–H groups in total. The number of nitriles is 1. The number of aryl methyl sites for hydroxylation is 1. The molecule has 0 aliphatic heterocycles. The van der Waals surface area contributed by atoms with Crippen LogP contribution in [0.25, 0.3) is 22.5 Å². The molecular formula is C17H12N4O3. The Morgan fingerprint density at radius 2 is 2.04 bits per heavy atom. The van der Waals surface area contributed by atoms with Crippen molar-refractivity contribution in [3.05, 3.63) is 74.7 Å². The van der Waals surface area contributed by atoms with Gasteiger partial charge in [0.05, 0.1) is 4.92 Å². The van der Waals surface area contributed by atoms with Crippen molar-refractivity contribution in [1.29, 1.82) is 5.26 Å². The molecule has 0 spiro atoms. The van der Waals surface area contributed by atoms with Crippen LogP contribution in [0.3, 0.4) is 0 Å². The molecule has 7 nitrogen and oxygen atoms in total. The normalized spacial score (nSPS) is 10.3. The molecule has 3 rings (SSSR count).